The van der Waals surface area contributed by atoms with Gasteiger partial charge in [0.25, 0.3) is 0 Å². The fraction of sp³-hybridized carbons (Fsp3) is 0.543. The molecule has 0 aromatic heterocycles. The molecule has 0 saturated heterocycles. The Morgan fingerprint density at radius 1 is 0.581 bits per heavy atom. The van der Waals surface area contributed by atoms with Gasteiger partial charge >= 0.3 is 11.9 Å². The molecule has 0 heterocycles. The van der Waals surface area contributed by atoms with E-state index in [1.165, 1.54) is 99.1 Å². The van der Waals surface area contributed by atoms with Crippen molar-refractivity contribution in [3.05, 3.63) is 61.5 Å². The zero-order chi connectivity index (χ0) is 31.6. The third-order valence-corrected chi connectivity index (χ3v) is 8.48. The van der Waals surface area contributed by atoms with Gasteiger partial charge in [0.2, 0.25) is 0 Å². The number of carbonyl (C=O) groups excluding carboxylic acids is 2. The number of carbonyl (C=O) groups is 2. The van der Waals surface area contributed by atoms with Crippen LogP contribution in [-0.2, 0) is 9.47 Å². The van der Waals surface area contributed by atoms with E-state index in [4.69, 9.17) is 18.9 Å². The molecule has 2 aromatic rings. The van der Waals surface area contributed by atoms with E-state index in [0.717, 1.165) is 24.8 Å². The van der Waals surface area contributed by atoms with Crippen molar-refractivity contribution in [2.24, 2.45) is 0 Å². The van der Waals surface area contributed by atoms with Crippen molar-refractivity contribution in [3.63, 3.8) is 0 Å². The van der Waals surface area contributed by atoms with E-state index in [0.29, 0.717) is 42.7 Å². The van der Waals surface area contributed by atoms with Gasteiger partial charge in [0.1, 0.15) is 22.6 Å². The molecule has 0 radical (unpaired) electrons. The summed E-state index contributed by atoms with van der Waals surface area (Å²) in [7, 11) is 5.74. The first-order valence-corrected chi connectivity index (χ1v) is 17.0. The molecule has 0 aliphatic carbocycles. The number of halogens is 2. The minimum atomic E-state index is -0.508. The lowest BCUT2D eigenvalue weighted by Gasteiger charge is -2.20. The molecule has 238 valence electrons. The van der Waals surface area contributed by atoms with Gasteiger partial charge in [-0.2, -0.15) is 0 Å². The average molecular weight is 725 g/mol. The highest BCUT2D eigenvalue weighted by atomic mass is 79.9. The largest absolute Gasteiger partial charge is 0.495 e. The van der Waals surface area contributed by atoms with E-state index in [1.54, 1.807) is 12.1 Å². The van der Waals surface area contributed by atoms with Gasteiger partial charge in [-0.1, -0.05) is 122 Å². The first-order valence-electron chi connectivity index (χ1n) is 15.4. The Balaban J connectivity index is 2.26. The van der Waals surface area contributed by atoms with Gasteiger partial charge in [-0.15, -0.1) is 0 Å². The van der Waals surface area contributed by atoms with Crippen LogP contribution in [0.1, 0.15) is 129 Å². The summed E-state index contributed by atoms with van der Waals surface area (Å²) >= 11 is 7.11. The predicted octanol–water partition coefficient (Wildman–Crippen LogP) is 10.7. The Kier molecular flexibility index (Phi) is 17.7. The van der Waals surface area contributed by atoms with Crippen LogP contribution in [0.2, 0.25) is 0 Å². The fourth-order valence-corrected chi connectivity index (χ4v) is 6.24. The molecule has 2 rings (SSSR count). The lowest BCUT2D eigenvalue weighted by Crippen LogP contribution is -2.09. The number of ether oxygens (including phenoxy) is 4. The number of rotatable bonds is 20. The SMILES string of the molecule is CCCCCCCCCCCCCCCC=C(c1cc(Br)cc(C(=O)OC)c1OC)c1cc(Br)cc(C(=O)OC)c1OC. The number of methoxy groups -OCH3 is 4. The van der Waals surface area contributed by atoms with E-state index < -0.39 is 11.9 Å². The molecule has 0 amide bonds. The van der Waals surface area contributed by atoms with Crippen LogP contribution in [0.25, 0.3) is 5.57 Å². The summed E-state index contributed by atoms with van der Waals surface area (Å²) < 4.78 is 23.0. The zero-order valence-electron chi connectivity index (χ0n) is 26.5. The summed E-state index contributed by atoms with van der Waals surface area (Å²) in [4.78, 5) is 25.4. The molecular weight excluding hydrogens is 676 g/mol. The average Bonchev–Trinajstić information content (AvgIpc) is 3.01. The smallest absolute Gasteiger partial charge is 0.341 e. The zero-order valence-corrected chi connectivity index (χ0v) is 29.7. The van der Waals surface area contributed by atoms with Crippen LogP contribution in [0.3, 0.4) is 0 Å². The van der Waals surface area contributed by atoms with Crippen molar-refractivity contribution in [1.29, 1.82) is 0 Å². The Bertz CT molecular complexity index is 1130. The van der Waals surface area contributed by atoms with Gasteiger partial charge in [-0.05, 0) is 42.7 Å². The first-order chi connectivity index (χ1) is 20.8. The first kappa shape index (κ1) is 36.9. The molecule has 0 unspecified atom stereocenters. The van der Waals surface area contributed by atoms with Crippen LogP contribution in [-0.4, -0.2) is 40.4 Å². The van der Waals surface area contributed by atoms with Crippen molar-refractivity contribution < 1.29 is 28.5 Å². The lowest BCUT2D eigenvalue weighted by atomic mass is 9.91. The van der Waals surface area contributed by atoms with Gasteiger partial charge in [0.15, 0.2) is 0 Å². The van der Waals surface area contributed by atoms with Crippen LogP contribution < -0.4 is 9.47 Å². The Hall–Kier alpha value is -2.32. The summed E-state index contributed by atoms with van der Waals surface area (Å²) in [5.41, 5.74) is 2.73. The van der Waals surface area contributed by atoms with E-state index in [9.17, 15) is 9.59 Å². The number of benzene rings is 2. The van der Waals surface area contributed by atoms with Gasteiger partial charge in [-0.3, -0.25) is 0 Å². The molecule has 0 aliphatic heterocycles. The fourth-order valence-electron chi connectivity index (χ4n) is 5.32. The third-order valence-electron chi connectivity index (χ3n) is 7.56. The second-order valence-corrected chi connectivity index (χ2v) is 12.5. The van der Waals surface area contributed by atoms with Gasteiger partial charge in [0.05, 0.1) is 28.4 Å². The van der Waals surface area contributed by atoms with Crippen LogP contribution in [0.5, 0.6) is 11.5 Å². The van der Waals surface area contributed by atoms with Crippen molar-refractivity contribution in [2.75, 3.05) is 28.4 Å². The molecule has 0 spiro atoms. The monoisotopic (exact) mass is 722 g/mol. The molecule has 6 nitrogen and oxygen atoms in total. The minimum absolute atomic E-state index is 0.295. The van der Waals surface area contributed by atoms with Crippen LogP contribution in [0.4, 0.5) is 0 Å². The molecule has 0 atom stereocenters. The number of esters is 2. The van der Waals surface area contributed by atoms with Gasteiger partial charge in [-0.25, -0.2) is 9.59 Å². The van der Waals surface area contributed by atoms with E-state index in [-0.39, 0.29) is 0 Å². The lowest BCUT2D eigenvalue weighted by molar-refractivity contribution is 0.0588. The molecule has 2 aromatic carbocycles. The number of hydrogen-bond acceptors (Lipinski definition) is 6. The highest BCUT2D eigenvalue weighted by molar-refractivity contribution is 9.10. The summed E-state index contributed by atoms with van der Waals surface area (Å²) in [5.74, 6) is -0.250. The topological polar surface area (TPSA) is 71.1 Å². The summed E-state index contributed by atoms with van der Waals surface area (Å²) in [6, 6.07) is 7.16. The highest BCUT2D eigenvalue weighted by Gasteiger charge is 2.25. The molecule has 8 heteroatoms. The third kappa shape index (κ3) is 11.6. The second kappa shape index (κ2) is 20.6. The van der Waals surface area contributed by atoms with Crippen LogP contribution in [0, 0.1) is 0 Å². The maximum Gasteiger partial charge on any atom is 0.341 e. The molecule has 0 saturated carbocycles. The van der Waals surface area contributed by atoms with Crippen molar-refractivity contribution >= 4 is 49.4 Å². The van der Waals surface area contributed by atoms with Crippen LogP contribution >= 0.6 is 31.9 Å². The standard InChI is InChI=1S/C35H48Br2O6/c1-6-7-8-9-10-11-12-13-14-15-16-17-18-19-20-27(28-21-25(36)23-30(32(28)40-2)34(38)42-4)29-22-26(37)24-31(33(29)41-3)35(39)43-5/h20-24H,6-19H2,1-5H3. The molecule has 0 aliphatic rings. The van der Waals surface area contributed by atoms with Gasteiger partial charge < -0.3 is 18.9 Å². The molecule has 0 bridgehead atoms. The molecular formula is C35H48Br2O6. The Morgan fingerprint density at radius 3 is 1.28 bits per heavy atom. The summed E-state index contributed by atoms with van der Waals surface area (Å²) in [6.45, 7) is 2.26. The van der Waals surface area contributed by atoms with Crippen LogP contribution in [0.15, 0.2) is 39.3 Å². The second-order valence-electron chi connectivity index (χ2n) is 10.7. The van der Waals surface area contributed by atoms with Gasteiger partial charge in [0, 0.05) is 20.1 Å². The molecule has 43 heavy (non-hydrogen) atoms. The molecule has 0 fully saturated rings. The maximum absolute atomic E-state index is 12.7. The van der Waals surface area contributed by atoms with Crippen molar-refractivity contribution in [3.8, 4) is 11.5 Å². The predicted molar refractivity (Wildman–Crippen MR) is 181 cm³/mol. The minimum Gasteiger partial charge on any atom is -0.495 e. The summed E-state index contributed by atoms with van der Waals surface area (Å²) in [5, 5.41) is 0. The van der Waals surface area contributed by atoms with Crippen molar-refractivity contribution in [2.45, 2.75) is 96.8 Å². The normalized spacial score (nSPS) is 10.8. The Labute approximate surface area is 275 Å². The van der Waals surface area contributed by atoms with E-state index >= 15 is 0 Å². The van der Waals surface area contributed by atoms with Crippen molar-refractivity contribution in [1.82, 2.24) is 0 Å². The number of unbranched alkanes of at least 4 members (excludes halogenated alkanes) is 13. The molecule has 0 N–H and O–H groups in total. The highest BCUT2D eigenvalue weighted by Crippen LogP contribution is 2.42. The number of hydrogen-bond donors (Lipinski definition) is 0. The van der Waals surface area contributed by atoms with E-state index in [1.807, 2.05) is 12.1 Å². The Morgan fingerprint density at radius 2 is 0.930 bits per heavy atom. The number of allylic oxidation sites excluding steroid dienone is 1. The summed E-state index contributed by atoms with van der Waals surface area (Å²) in [6.07, 6.45) is 19.7. The van der Waals surface area contributed by atoms with E-state index in [2.05, 4.69) is 44.9 Å². The maximum atomic E-state index is 12.7. The quantitative estimate of drug-likeness (QED) is 0.100.